The van der Waals surface area contributed by atoms with Crippen LogP contribution in [0.2, 0.25) is 0 Å². The molecule has 5 heteroatoms. The lowest BCUT2D eigenvalue weighted by Gasteiger charge is -2.26. The van der Waals surface area contributed by atoms with Gasteiger partial charge in [-0.25, -0.2) is 0 Å². The molecule has 19 heavy (non-hydrogen) atoms. The minimum Gasteiger partial charge on any atom is -0.336 e. The molecule has 0 radical (unpaired) electrons. The molecule has 1 aromatic carbocycles. The van der Waals surface area contributed by atoms with Crippen LogP contribution in [0, 0.1) is 0 Å². The maximum absolute atomic E-state index is 12.0. The molecule has 0 bridgehead atoms. The van der Waals surface area contributed by atoms with E-state index in [0.717, 1.165) is 12.1 Å². The van der Waals surface area contributed by atoms with Crippen LogP contribution in [0.1, 0.15) is 12.5 Å². The van der Waals surface area contributed by atoms with Gasteiger partial charge in [-0.15, -0.1) is 12.4 Å². The molecule has 0 saturated carbocycles. The normalized spacial score (nSPS) is 11.8. The van der Waals surface area contributed by atoms with Crippen molar-refractivity contribution in [2.75, 3.05) is 27.2 Å². The molecule has 0 aliphatic rings. The van der Waals surface area contributed by atoms with Gasteiger partial charge in [-0.2, -0.15) is 0 Å². The summed E-state index contributed by atoms with van der Waals surface area (Å²) in [5.74, 6) is 0.000651. The lowest BCUT2D eigenvalue weighted by molar-refractivity contribution is -0.133. The van der Waals surface area contributed by atoms with Gasteiger partial charge in [0, 0.05) is 19.6 Å². The Hall–Kier alpha value is -1.10. The summed E-state index contributed by atoms with van der Waals surface area (Å²) in [6.07, 6.45) is 0. The van der Waals surface area contributed by atoms with Gasteiger partial charge >= 0.3 is 0 Å². The number of hydrogen-bond acceptors (Lipinski definition) is 3. The molecule has 0 saturated heterocycles. The van der Waals surface area contributed by atoms with Crippen molar-refractivity contribution in [1.29, 1.82) is 0 Å². The van der Waals surface area contributed by atoms with Gasteiger partial charge in [0.2, 0.25) is 5.91 Å². The minimum absolute atomic E-state index is 0. The highest BCUT2D eigenvalue weighted by molar-refractivity contribution is 5.85. The van der Waals surface area contributed by atoms with Crippen molar-refractivity contribution in [2.24, 2.45) is 5.73 Å². The first-order chi connectivity index (χ1) is 8.50. The summed E-state index contributed by atoms with van der Waals surface area (Å²) in [4.78, 5) is 15.9. The Morgan fingerprint density at radius 2 is 1.79 bits per heavy atom. The van der Waals surface area contributed by atoms with Crippen molar-refractivity contribution in [3.63, 3.8) is 0 Å². The third kappa shape index (κ3) is 6.57. The fourth-order valence-corrected chi connectivity index (χ4v) is 1.68. The van der Waals surface area contributed by atoms with Crippen molar-refractivity contribution in [1.82, 2.24) is 9.80 Å². The number of nitrogens with two attached hydrogens (primary N) is 1. The maximum atomic E-state index is 12.0. The second-order valence-electron chi connectivity index (χ2n) is 4.84. The zero-order chi connectivity index (χ0) is 13.5. The van der Waals surface area contributed by atoms with E-state index in [0.29, 0.717) is 13.1 Å². The number of carbonyl (C=O) groups excluding carboxylic acids is 1. The molecule has 2 N–H and O–H groups in total. The molecule has 0 fully saturated rings. The molecular formula is C14H24ClN3O. The first-order valence-electron chi connectivity index (χ1n) is 6.23. The summed E-state index contributed by atoms with van der Waals surface area (Å²) >= 11 is 0. The van der Waals surface area contributed by atoms with Gasteiger partial charge in [-0.1, -0.05) is 30.3 Å². The third-order valence-electron chi connectivity index (χ3n) is 2.73. The predicted molar refractivity (Wildman–Crippen MR) is 81.3 cm³/mol. The topological polar surface area (TPSA) is 49.6 Å². The number of rotatable bonds is 6. The molecule has 0 unspecified atom stereocenters. The second-order valence-corrected chi connectivity index (χ2v) is 4.84. The van der Waals surface area contributed by atoms with Crippen LogP contribution in [-0.4, -0.2) is 48.9 Å². The molecular weight excluding hydrogens is 262 g/mol. The minimum atomic E-state index is -0.448. The molecule has 1 amide bonds. The number of carbonyl (C=O) groups is 1. The van der Waals surface area contributed by atoms with Crippen molar-refractivity contribution in [2.45, 2.75) is 19.5 Å². The van der Waals surface area contributed by atoms with Crippen LogP contribution in [0.5, 0.6) is 0 Å². The number of amides is 1. The van der Waals surface area contributed by atoms with Gasteiger partial charge in [0.1, 0.15) is 0 Å². The second kappa shape index (κ2) is 8.91. The third-order valence-corrected chi connectivity index (χ3v) is 2.73. The number of benzene rings is 1. The average molecular weight is 286 g/mol. The molecule has 1 aromatic rings. The van der Waals surface area contributed by atoms with Gasteiger partial charge in [0.05, 0.1) is 6.04 Å². The summed E-state index contributed by atoms with van der Waals surface area (Å²) in [7, 11) is 3.99. The maximum Gasteiger partial charge on any atom is 0.239 e. The van der Waals surface area contributed by atoms with Crippen molar-refractivity contribution >= 4 is 18.3 Å². The van der Waals surface area contributed by atoms with E-state index in [1.807, 2.05) is 49.3 Å². The first-order valence-corrected chi connectivity index (χ1v) is 6.23. The lowest BCUT2D eigenvalue weighted by atomic mass is 10.2. The van der Waals surface area contributed by atoms with E-state index in [1.54, 1.807) is 6.92 Å². The molecule has 0 heterocycles. The SMILES string of the molecule is C[C@@H](N)C(=O)N(CCN(C)C)Cc1ccccc1.Cl. The average Bonchev–Trinajstić information content (AvgIpc) is 2.34. The Kier molecular flexibility index (Phi) is 8.39. The summed E-state index contributed by atoms with van der Waals surface area (Å²) in [5.41, 5.74) is 6.82. The van der Waals surface area contributed by atoms with Crippen LogP contribution >= 0.6 is 12.4 Å². The van der Waals surface area contributed by atoms with Crippen LogP contribution in [0.3, 0.4) is 0 Å². The van der Waals surface area contributed by atoms with Crippen molar-refractivity contribution in [3.05, 3.63) is 35.9 Å². The fraction of sp³-hybridized carbons (Fsp3) is 0.500. The highest BCUT2D eigenvalue weighted by Crippen LogP contribution is 2.05. The van der Waals surface area contributed by atoms with Gasteiger partial charge in [0.25, 0.3) is 0 Å². The van der Waals surface area contributed by atoms with E-state index in [2.05, 4.69) is 4.90 Å². The number of nitrogens with zero attached hydrogens (tertiary/aromatic N) is 2. The Bertz CT molecular complexity index is 368. The largest absolute Gasteiger partial charge is 0.336 e. The summed E-state index contributed by atoms with van der Waals surface area (Å²) in [6.45, 7) is 3.89. The number of likely N-dealkylation sites (N-methyl/N-ethyl adjacent to an activating group) is 1. The Morgan fingerprint density at radius 3 is 2.26 bits per heavy atom. The summed E-state index contributed by atoms with van der Waals surface area (Å²) in [5, 5.41) is 0. The fourth-order valence-electron chi connectivity index (χ4n) is 1.68. The summed E-state index contributed by atoms with van der Waals surface area (Å²) in [6, 6.07) is 9.54. The molecule has 0 aliphatic carbocycles. The van der Waals surface area contributed by atoms with Gasteiger partial charge < -0.3 is 15.5 Å². The van der Waals surface area contributed by atoms with Crippen LogP contribution in [0.15, 0.2) is 30.3 Å². The highest BCUT2D eigenvalue weighted by Gasteiger charge is 2.17. The summed E-state index contributed by atoms with van der Waals surface area (Å²) < 4.78 is 0. The lowest BCUT2D eigenvalue weighted by Crippen LogP contribution is -2.44. The molecule has 1 atom stereocenters. The smallest absolute Gasteiger partial charge is 0.239 e. The highest BCUT2D eigenvalue weighted by atomic mass is 35.5. The molecule has 4 nitrogen and oxygen atoms in total. The molecule has 1 rings (SSSR count). The monoisotopic (exact) mass is 285 g/mol. The van der Waals surface area contributed by atoms with Crippen LogP contribution in [0.25, 0.3) is 0 Å². The molecule has 0 aliphatic heterocycles. The van der Waals surface area contributed by atoms with E-state index in [4.69, 9.17) is 5.73 Å². The van der Waals surface area contributed by atoms with E-state index in [1.165, 1.54) is 0 Å². The predicted octanol–water partition coefficient (Wildman–Crippen LogP) is 1.35. The first kappa shape index (κ1) is 17.9. The standard InChI is InChI=1S/C14H23N3O.ClH/c1-12(15)14(18)17(10-9-16(2)3)11-13-7-5-4-6-8-13;/h4-8,12H,9-11,15H2,1-3H3;1H/t12-;/m1./s1. The Balaban J connectivity index is 0.00000324. The van der Waals surface area contributed by atoms with Crippen LogP contribution < -0.4 is 5.73 Å². The molecule has 0 spiro atoms. The van der Waals surface area contributed by atoms with Gasteiger partial charge in [-0.05, 0) is 26.6 Å². The van der Waals surface area contributed by atoms with Crippen molar-refractivity contribution < 1.29 is 4.79 Å². The zero-order valence-corrected chi connectivity index (χ0v) is 12.7. The van der Waals surface area contributed by atoms with Crippen LogP contribution in [0.4, 0.5) is 0 Å². The van der Waals surface area contributed by atoms with E-state index in [9.17, 15) is 4.79 Å². The number of halogens is 1. The molecule has 108 valence electrons. The van der Waals surface area contributed by atoms with Gasteiger partial charge in [-0.3, -0.25) is 4.79 Å². The van der Waals surface area contributed by atoms with E-state index >= 15 is 0 Å². The quantitative estimate of drug-likeness (QED) is 0.858. The number of hydrogen-bond donors (Lipinski definition) is 1. The van der Waals surface area contributed by atoms with Gasteiger partial charge in [0.15, 0.2) is 0 Å². The van der Waals surface area contributed by atoms with E-state index in [-0.39, 0.29) is 18.3 Å². The Morgan fingerprint density at radius 1 is 1.21 bits per heavy atom. The van der Waals surface area contributed by atoms with E-state index < -0.39 is 6.04 Å². The Labute approximate surface area is 122 Å². The zero-order valence-electron chi connectivity index (χ0n) is 11.9. The van der Waals surface area contributed by atoms with Crippen LogP contribution in [-0.2, 0) is 11.3 Å². The van der Waals surface area contributed by atoms with Crippen molar-refractivity contribution in [3.8, 4) is 0 Å². The molecule has 0 aromatic heterocycles.